The van der Waals surface area contributed by atoms with Crippen LogP contribution in [0.15, 0.2) is 47.4 Å². The van der Waals surface area contributed by atoms with Gasteiger partial charge in [0.25, 0.3) is 5.56 Å². The van der Waals surface area contributed by atoms with Gasteiger partial charge in [0.15, 0.2) is 0 Å². The second kappa shape index (κ2) is 5.06. The average molecular weight is 295 g/mol. The Labute approximate surface area is 120 Å². The Morgan fingerprint density at radius 1 is 0.952 bits per heavy atom. The van der Waals surface area contributed by atoms with Gasteiger partial charge in [0.05, 0.1) is 11.1 Å². The molecule has 5 heteroatoms. The summed E-state index contributed by atoms with van der Waals surface area (Å²) in [5, 5.41) is 0. The number of halogens is 3. The Kier molecular flexibility index (Phi) is 3.70. The molecular weight excluding hydrogens is 279 g/mol. The van der Waals surface area contributed by atoms with Crippen LogP contribution in [0.4, 0.5) is 13.2 Å². The van der Waals surface area contributed by atoms with Crippen LogP contribution in [0.2, 0.25) is 0 Å². The van der Waals surface area contributed by atoms with E-state index in [0.717, 1.165) is 6.07 Å². The molecule has 0 N–H and O–H groups in total. The van der Waals surface area contributed by atoms with E-state index in [1.54, 1.807) is 39.0 Å². The lowest BCUT2D eigenvalue weighted by atomic mass is 9.99. The lowest BCUT2D eigenvalue weighted by Gasteiger charge is -2.24. The van der Waals surface area contributed by atoms with E-state index in [1.807, 2.05) is 0 Å². The molecule has 0 atom stereocenters. The fraction of sp³-hybridized carbons (Fsp3) is 0.312. The number of benzene rings is 1. The fourth-order valence-electron chi connectivity index (χ4n) is 2.18. The van der Waals surface area contributed by atoms with Gasteiger partial charge in [0, 0.05) is 11.7 Å². The van der Waals surface area contributed by atoms with Gasteiger partial charge in [-0.3, -0.25) is 4.79 Å². The third kappa shape index (κ3) is 3.01. The highest BCUT2D eigenvalue weighted by atomic mass is 19.4. The predicted molar refractivity (Wildman–Crippen MR) is 76.1 cm³/mol. The van der Waals surface area contributed by atoms with Crippen molar-refractivity contribution in [3.63, 3.8) is 0 Å². The van der Waals surface area contributed by atoms with Crippen molar-refractivity contribution in [2.45, 2.75) is 32.5 Å². The van der Waals surface area contributed by atoms with Crippen molar-refractivity contribution in [3.8, 4) is 11.1 Å². The average Bonchev–Trinajstić information content (AvgIpc) is 2.36. The second-order valence-corrected chi connectivity index (χ2v) is 5.81. The number of hydrogen-bond acceptors (Lipinski definition) is 1. The summed E-state index contributed by atoms with van der Waals surface area (Å²) in [4.78, 5) is 12.5. The number of aromatic nitrogens is 1. The van der Waals surface area contributed by atoms with Crippen LogP contribution < -0.4 is 5.56 Å². The first-order valence-electron chi connectivity index (χ1n) is 6.51. The largest absolute Gasteiger partial charge is 0.417 e. The molecule has 2 aromatic rings. The molecule has 0 spiro atoms. The Bertz CT molecular complexity index is 694. The van der Waals surface area contributed by atoms with E-state index in [-0.39, 0.29) is 11.1 Å². The summed E-state index contributed by atoms with van der Waals surface area (Å²) in [6, 6.07) is 8.92. The first-order valence-corrected chi connectivity index (χ1v) is 6.51. The highest BCUT2D eigenvalue weighted by Crippen LogP contribution is 2.35. The highest BCUT2D eigenvalue weighted by Gasteiger charge is 2.36. The summed E-state index contributed by atoms with van der Waals surface area (Å²) in [5.74, 6) is 0. The maximum absolute atomic E-state index is 13.2. The van der Waals surface area contributed by atoms with Crippen LogP contribution in [-0.4, -0.2) is 4.57 Å². The van der Waals surface area contributed by atoms with Gasteiger partial charge in [-0.1, -0.05) is 30.3 Å². The summed E-state index contributed by atoms with van der Waals surface area (Å²) in [6.45, 7) is 5.32. The smallest absolute Gasteiger partial charge is 0.310 e. The molecule has 0 saturated heterocycles. The second-order valence-electron chi connectivity index (χ2n) is 5.81. The van der Waals surface area contributed by atoms with Gasteiger partial charge in [-0.25, -0.2) is 0 Å². The molecule has 0 amide bonds. The predicted octanol–water partition coefficient (Wildman–Crippen LogP) is 4.29. The molecule has 0 radical (unpaired) electrons. The van der Waals surface area contributed by atoms with Crippen LogP contribution in [0, 0.1) is 0 Å². The summed E-state index contributed by atoms with van der Waals surface area (Å²) in [7, 11) is 0. The molecule has 112 valence electrons. The quantitative estimate of drug-likeness (QED) is 0.769. The molecule has 1 heterocycles. The Morgan fingerprint density at radius 3 is 2.00 bits per heavy atom. The van der Waals surface area contributed by atoms with Crippen molar-refractivity contribution in [1.82, 2.24) is 4.57 Å². The molecule has 0 saturated carbocycles. The van der Waals surface area contributed by atoms with Crippen LogP contribution in [0.3, 0.4) is 0 Å². The van der Waals surface area contributed by atoms with E-state index in [2.05, 4.69) is 0 Å². The topological polar surface area (TPSA) is 22.0 Å². The monoisotopic (exact) mass is 295 g/mol. The lowest BCUT2D eigenvalue weighted by molar-refractivity contribution is -0.137. The van der Waals surface area contributed by atoms with Crippen LogP contribution >= 0.6 is 0 Å². The minimum absolute atomic E-state index is 0.272. The zero-order valence-corrected chi connectivity index (χ0v) is 12.0. The standard InChI is InChI=1S/C16H16F3NO/c1-15(2,3)20-10-9-12(16(17,18)19)13(14(20)21)11-7-5-4-6-8-11/h4-10H,1-3H3. The molecule has 0 fully saturated rings. The van der Waals surface area contributed by atoms with Gasteiger partial charge in [-0.2, -0.15) is 13.2 Å². The molecule has 1 aromatic heterocycles. The fourth-order valence-corrected chi connectivity index (χ4v) is 2.18. The van der Waals surface area contributed by atoms with Gasteiger partial charge in [-0.15, -0.1) is 0 Å². The maximum atomic E-state index is 13.2. The zero-order valence-electron chi connectivity index (χ0n) is 12.0. The number of pyridine rings is 1. The minimum atomic E-state index is -4.57. The molecule has 2 rings (SSSR count). The summed E-state index contributed by atoms with van der Waals surface area (Å²) >= 11 is 0. The third-order valence-corrected chi connectivity index (χ3v) is 3.18. The van der Waals surface area contributed by atoms with E-state index in [1.165, 1.54) is 22.9 Å². The first-order chi connectivity index (χ1) is 9.62. The summed E-state index contributed by atoms with van der Waals surface area (Å²) < 4.78 is 40.9. The van der Waals surface area contributed by atoms with E-state index in [9.17, 15) is 18.0 Å². The molecule has 2 nitrogen and oxygen atoms in total. The van der Waals surface area contributed by atoms with Crippen LogP contribution in [0.1, 0.15) is 26.3 Å². The Balaban J connectivity index is 2.84. The van der Waals surface area contributed by atoms with Crippen molar-refractivity contribution < 1.29 is 13.2 Å². The van der Waals surface area contributed by atoms with Crippen molar-refractivity contribution >= 4 is 0 Å². The van der Waals surface area contributed by atoms with E-state index in [4.69, 9.17) is 0 Å². The van der Waals surface area contributed by atoms with Crippen molar-refractivity contribution in [1.29, 1.82) is 0 Å². The number of hydrogen-bond donors (Lipinski definition) is 0. The SMILES string of the molecule is CC(C)(C)n1ccc(C(F)(F)F)c(-c2ccccc2)c1=O. The minimum Gasteiger partial charge on any atom is -0.310 e. The van der Waals surface area contributed by atoms with Crippen LogP contribution in [-0.2, 0) is 11.7 Å². The summed E-state index contributed by atoms with van der Waals surface area (Å²) in [5.41, 5.74) is -2.17. The van der Waals surface area contributed by atoms with Gasteiger partial charge < -0.3 is 4.57 Å². The lowest BCUT2D eigenvalue weighted by Crippen LogP contribution is -2.35. The van der Waals surface area contributed by atoms with Crippen molar-refractivity contribution in [2.24, 2.45) is 0 Å². The molecule has 0 bridgehead atoms. The van der Waals surface area contributed by atoms with Crippen molar-refractivity contribution in [2.75, 3.05) is 0 Å². The molecule has 0 unspecified atom stereocenters. The molecule has 0 aliphatic heterocycles. The molecule has 0 aliphatic rings. The third-order valence-electron chi connectivity index (χ3n) is 3.18. The Morgan fingerprint density at radius 2 is 1.52 bits per heavy atom. The van der Waals surface area contributed by atoms with E-state index < -0.39 is 22.8 Å². The van der Waals surface area contributed by atoms with E-state index in [0.29, 0.717) is 0 Å². The molecule has 1 aromatic carbocycles. The van der Waals surface area contributed by atoms with Crippen LogP contribution in [0.5, 0.6) is 0 Å². The normalized spacial score (nSPS) is 12.5. The maximum Gasteiger partial charge on any atom is 0.417 e. The van der Waals surface area contributed by atoms with Gasteiger partial charge in [-0.05, 0) is 32.4 Å². The van der Waals surface area contributed by atoms with Crippen molar-refractivity contribution in [3.05, 3.63) is 58.5 Å². The van der Waals surface area contributed by atoms with Gasteiger partial charge >= 0.3 is 6.18 Å². The number of nitrogens with zero attached hydrogens (tertiary/aromatic N) is 1. The molecular formula is C16H16F3NO. The first kappa shape index (κ1) is 15.4. The van der Waals surface area contributed by atoms with Crippen LogP contribution in [0.25, 0.3) is 11.1 Å². The Hall–Kier alpha value is -2.04. The molecule has 21 heavy (non-hydrogen) atoms. The van der Waals surface area contributed by atoms with Gasteiger partial charge in [0.1, 0.15) is 0 Å². The summed E-state index contributed by atoms with van der Waals surface area (Å²) in [6.07, 6.45) is -3.36. The number of alkyl halides is 3. The highest BCUT2D eigenvalue weighted by molar-refractivity contribution is 5.67. The number of rotatable bonds is 1. The molecule has 0 aliphatic carbocycles. The van der Waals surface area contributed by atoms with E-state index >= 15 is 0 Å². The van der Waals surface area contributed by atoms with Gasteiger partial charge in [0.2, 0.25) is 0 Å². The zero-order chi connectivity index (χ0) is 15.8.